The van der Waals surface area contributed by atoms with Crippen LogP contribution < -0.4 is 9.80 Å². The van der Waals surface area contributed by atoms with Crippen LogP contribution in [0.1, 0.15) is 27.8 Å². The molecular formula is C42H32N4. The first-order valence-corrected chi connectivity index (χ1v) is 15.1. The van der Waals surface area contributed by atoms with Gasteiger partial charge < -0.3 is 9.80 Å². The molecule has 0 aromatic heterocycles. The van der Waals surface area contributed by atoms with Gasteiger partial charge in [-0.05, 0) is 109 Å². The molecule has 0 aliphatic heterocycles. The molecule has 0 aliphatic carbocycles. The standard InChI is InChI=1S/C42H32N4/c1-31-14-20-38(21-15-31)45(36-10-6-4-7-11-36)40-24-26-41(27-25-40)46(37-12-8-5-9-13-37)39-22-17-33(18-23-39)16-19-34-29-35(30-43)32(2)28-42(34)44-3/h4-29H,1-2H3. The van der Waals surface area contributed by atoms with Gasteiger partial charge in [-0.15, -0.1) is 0 Å². The van der Waals surface area contributed by atoms with Crippen LogP contribution in [0, 0.1) is 31.8 Å². The molecule has 6 rings (SSSR count). The smallest absolute Gasteiger partial charge is 0.194 e. The van der Waals surface area contributed by atoms with Crippen molar-refractivity contribution in [2.45, 2.75) is 13.8 Å². The number of hydrogen-bond acceptors (Lipinski definition) is 3. The Bertz CT molecular complexity index is 2050. The van der Waals surface area contributed by atoms with Gasteiger partial charge in [0.1, 0.15) is 0 Å². The number of rotatable bonds is 8. The molecular weight excluding hydrogens is 560 g/mol. The van der Waals surface area contributed by atoms with Crippen molar-refractivity contribution in [1.82, 2.24) is 0 Å². The predicted octanol–water partition coefficient (Wildman–Crippen LogP) is 11.8. The van der Waals surface area contributed by atoms with E-state index in [4.69, 9.17) is 6.57 Å². The van der Waals surface area contributed by atoms with Crippen molar-refractivity contribution in [2.75, 3.05) is 9.80 Å². The lowest BCUT2D eigenvalue weighted by Gasteiger charge is -2.28. The first kappa shape index (κ1) is 29.7. The molecule has 220 valence electrons. The normalized spacial score (nSPS) is 10.7. The Morgan fingerprint density at radius 2 is 1.00 bits per heavy atom. The summed E-state index contributed by atoms with van der Waals surface area (Å²) in [5.74, 6) is 0. The van der Waals surface area contributed by atoms with Crippen molar-refractivity contribution in [3.05, 3.63) is 185 Å². The molecule has 0 unspecified atom stereocenters. The van der Waals surface area contributed by atoms with Crippen molar-refractivity contribution in [1.29, 1.82) is 5.26 Å². The average molecular weight is 593 g/mol. The summed E-state index contributed by atoms with van der Waals surface area (Å²) in [4.78, 5) is 8.17. The minimum Gasteiger partial charge on any atom is -0.311 e. The maximum Gasteiger partial charge on any atom is 0.194 e. The molecule has 4 nitrogen and oxygen atoms in total. The van der Waals surface area contributed by atoms with E-state index in [9.17, 15) is 5.26 Å². The van der Waals surface area contributed by atoms with Gasteiger partial charge in [0, 0.05) is 34.1 Å². The molecule has 0 saturated heterocycles. The molecule has 0 heterocycles. The summed E-state index contributed by atoms with van der Waals surface area (Å²) in [6.07, 6.45) is 3.89. The number of para-hydroxylation sites is 2. The van der Waals surface area contributed by atoms with Crippen molar-refractivity contribution in [3.63, 3.8) is 0 Å². The zero-order chi connectivity index (χ0) is 31.9. The molecule has 0 amide bonds. The number of nitriles is 1. The molecule has 0 aliphatic rings. The molecule has 6 aromatic rings. The Hall–Kier alpha value is -6.36. The van der Waals surface area contributed by atoms with Gasteiger partial charge >= 0.3 is 0 Å². The summed E-state index contributed by atoms with van der Waals surface area (Å²) in [6.45, 7) is 11.5. The second kappa shape index (κ2) is 13.5. The van der Waals surface area contributed by atoms with E-state index in [1.165, 1.54) is 5.56 Å². The fourth-order valence-electron chi connectivity index (χ4n) is 5.47. The van der Waals surface area contributed by atoms with E-state index in [0.29, 0.717) is 11.3 Å². The lowest BCUT2D eigenvalue weighted by Crippen LogP contribution is -2.12. The van der Waals surface area contributed by atoms with Crippen molar-refractivity contribution in [3.8, 4) is 6.07 Å². The Morgan fingerprint density at radius 1 is 0.565 bits per heavy atom. The van der Waals surface area contributed by atoms with Gasteiger partial charge in [-0.3, -0.25) is 0 Å². The maximum atomic E-state index is 9.46. The molecule has 0 radical (unpaired) electrons. The first-order valence-electron chi connectivity index (χ1n) is 15.1. The van der Waals surface area contributed by atoms with Gasteiger partial charge in [0.05, 0.1) is 18.2 Å². The van der Waals surface area contributed by atoms with Crippen LogP contribution in [0.25, 0.3) is 17.0 Å². The van der Waals surface area contributed by atoms with Crippen LogP contribution in [-0.2, 0) is 0 Å². The molecule has 0 bridgehead atoms. The minimum atomic E-state index is 0.538. The quantitative estimate of drug-likeness (QED) is 0.130. The van der Waals surface area contributed by atoms with Crippen molar-refractivity contribution >= 4 is 52.0 Å². The number of benzene rings is 6. The average Bonchev–Trinajstić information content (AvgIpc) is 3.11. The highest BCUT2D eigenvalue weighted by Gasteiger charge is 2.16. The van der Waals surface area contributed by atoms with E-state index in [-0.39, 0.29) is 0 Å². The van der Waals surface area contributed by atoms with Gasteiger partial charge in [0.25, 0.3) is 0 Å². The Balaban J connectivity index is 1.33. The van der Waals surface area contributed by atoms with Crippen LogP contribution in [0.3, 0.4) is 0 Å². The fraction of sp³-hybridized carbons (Fsp3) is 0.0476. The molecule has 0 fully saturated rings. The maximum absolute atomic E-state index is 9.46. The SMILES string of the molecule is [C-]#[N+]c1cc(C)c(C#N)cc1C=Cc1ccc(N(c2ccccc2)c2ccc(N(c3ccccc3)c3ccc(C)cc3)cc2)cc1. The lowest BCUT2D eigenvalue weighted by molar-refractivity contribution is 1.25. The molecule has 4 heteroatoms. The summed E-state index contributed by atoms with van der Waals surface area (Å²) >= 11 is 0. The third-order valence-corrected chi connectivity index (χ3v) is 7.91. The van der Waals surface area contributed by atoms with Gasteiger partial charge in [-0.25, -0.2) is 4.85 Å². The summed E-state index contributed by atoms with van der Waals surface area (Å²) in [6, 6.07) is 52.2. The Morgan fingerprint density at radius 3 is 1.46 bits per heavy atom. The third-order valence-electron chi connectivity index (χ3n) is 7.91. The molecule has 0 saturated carbocycles. The number of nitrogens with zero attached hydrogens (tertiary/aromatic N) is 4. The number of hydrogen-bond donors (Lipinski definition) is 0. The summed E-state index contributed by atoms with van der Waals surface area (Å²) < 4.78 is 0. The highest BCUT2D eigenvalue weighted by molar-refractivity contribution is 5.83. The molecule has 46 heavy (non-hydrogen) atoms. The van der Waals surface area contributed by atoms with E-state index in [0.717, 1.165) is 50.8 Å². The van der Waals surface area contributed by atoms with Crippen LogP contribution in [-0.4, -0.2) is 0 Å². The highest BCUT2D eigenvalue weighted by Crippen LogP contribution is 2.39. The number of anilines is 6. The Kier molecular flexibility index (Phi) is 8.73. The first-order chi connectivity index (χ1) is 22.5. The Labute approximate surface area is 271 Å². The van der Waals surface area contributed by atoms with E-state index in [2.05, 4.69) is 137 Å². The lowest BCUT2D eigenvalue weighted by atomic mass is 10.0. The largest absolute Gasteiger partial charge is 0.311 e. The third kappa shape index (κ3) is 6.43. The molecule has 0 spiro atoms. The number of aryl methyl sites for hydroxylation is 2. The van der Waals surface area contributed by atoms with Crippen LogP contribution in [0.4, 0.5) is 39.8 Å². The van der Waals surface area contributed by atoms with Crippen LogP contribution in [0.5, 0.6) is 0 Å². The van der Waals surface area contributed by atoms with Gasteiger partial charge in [0.2, 0.25) is 0 Å². The zero-order valence-electron chi connectivity index (χ0n) is 25.8. The van der Waals surface area contributed by atoms with Crippen LogP contribution in [0.2, 0.25) is 0 Å². The topological polar surface area (TPSA) is 34.6 Å². The van der Waals surface area contributed by atoms with Crippen molar-refractivity contribution < 1.29 is 0 Å². The second-order valence-corrected chi connectivity index (χ2v) is 11.1. The fourth-order valence-corrected chi connectivity index (χ4v) is 5.47. The van der Waals surface area contributed by atoms with Crippen LogP contribution >= 0.6 is 0 Å². The predicted molar refractivity (Wildman–Crippen MR) is 192 cm³/mol. The summed E-state index contributed by atoms with van der Waals surface area (Å²) in [7, 11) is 0. The van der Waals surface area contributed by atoms with Gasteiger partial charge in [-0.1, -0.05) is 84.4 Å². The van der Waals surface area contributed by atoms with Gasteiger partial charge in [0.15, 0.2) is 5.69 Å². The highest BCUT2D eigenvalue weighted by atomic mass is 15.2. The van der Waals surface area contributed by atoms with Crippen molar-refractivity contribution in [2.24, 2.45) is 0 Å². The summed E-state index contributed by atoms with van der Waals surface area (Å²) in [5, 5.41) is 9.46. The van der Waals surface area contributed by atoms with Crippen LogP contribution in [0.15, 0.2) is 146 Å². The van der Waals surface area contributed by atoms with E-state index >= 15 is 0 Å². The second-order valence-electron chi connectivity index (χ2n) is 11.1. The summed E-state index contributed by atoms with van der Waals surface area (Å²) in [5.41, 5.74) is 11.3. The monoisotopic (exact) mass is 592 g/mol. The van der Waals surface area contributed by atoms with Gasteiger partial charge in [-0.2, -0.15) is 5.26 Å². The van der Waals surface area contributed by atoms with E-state index in [1.807, 2.05) is 43.3 Å². The van der Waals surface area contributed by atoms with E-state index in [1.54, 1.807) is 12.1 Å². The minimum absolute atomic E-state index is 0.538. The molecule has 0 N–H and O–H groups in total. The van der Waals surface area contributed by atoms with E-state index < -0.39 is 0 Å². The molecule has 6 aromatic carbocycles. The zero-order valence-corrected chi connectivity index (χ0v) is 25.8. The molecule has 0 atom stereocenters.